The molecule has 7 heteroatoms. The molecule has 2 aromatic rings. The molecule has 2 N–H and O–H groups in total. The first-order chi connectivity index (χ1) is 10.3. The van der Waals surface area contributed by atoms with E-state index in [4.69, 9.17) is 4.74 Å². The minimum Gasteiger partial charge on any atom is -0.496 e. The van der Waals surface area contributed by atoms with Crippen LogP contribution in [0.3, 0.4) is 0 Å². The highest BCUT2D eigenvalue weighted by molar-refractivity contribution is 9.10. The molecule has 0 bridgehead atoms. The van der Waals surface area contributed by atoms with Gasteiger partial charge < -0.3 is 15.0 Å². The average molecular weight is 352 g/mol. The van der Waals surface area contributed by atoms with E-state index in [1.807, 2.05) is 18.2 Å². The molecule has 112 valence electrons. The first-order valence-corrected chi connectivity index (χ1v) is 7.79. The van der Waals surface area contributed by atoms with Crippen LogP contribution in [0, 0.1) is 0 Å². The van der Waals surface area contributed by atoms with E-state index in [0.29, 0.717) is 0 Å². The van der Waals surface area contributed by atoms with Crippen LogP contribution in [0.25, 0.3) is 11.4 Å². The molecular formula is C14H18BrN5O. The predicted molar refractivity (Wildman–Crippen MR) is 85.8 cm³/mol. The van der Waals surface area contributed by atoms with Gasteiger partial charge in [-0.3, -0.25) is 5.10 Å². The lowest BCUT2D eigenvalue weighted by Gasteiger charge is -2.16. The topological polar surface area (TPSA) is 66.1 Å². The van der Waals surface area contributed by atoms with Crippen molar-refractivity contribution in [3.8, 4) is 17.1 Å². The van der Waals surface area contributed by atoms with Gasteiger partial charge in [0.15, 0.2) is 5.82 Å². The largest absolute Gasteiger partial charge is 0.496 e. The fourth-order valence-corrected chi connectivity index (χ4v) is 2.92. The van der Waals surface area contributed by atoms with Crippen LogP contribution in [0.5, 0.6) is 5.75 Å². The lowest BCUT2D eigenvalue weighted by molar-refractivity contribution is 0.412. The molecule has 0 aliphatic carbocycles. The molecule has 1 fully saturated rings. The summed E-state index contributed by atoms with van der Waals surface area (Å²) < 4.78 is 6.14. The van der Waals surface area contributed by atoms with E-state index in [0.717, 1.165) is 60.2 Å². The van der Waals surface area contributed by atoms with E-state index in [9.17, 15) is 0 Å². The number of rotatable bonds is 3. The third-order valence-corrected chi connectivity index (χ3v) is 4.14. The van der Waals surface area contributed by atoms with Crippen LogP contribution in [0.1, 0.15) is 6.42 Å². The smallest absolute Gasteiger partial charge is 0.245 e. The molecule has 0 saturated carbocycles. The quantitative estimate of drug-likeness (QED) is 0.885. The standard InChI is InChI=1S/C14H18BrN5O/c1-21-12-4-3-10(9-11(12)15)13-17-14(19-18-13)20-7-2-5-16-6-8-20/h3-4,9,16H,2,5-8H2,1H3,(H,17,18,19). The van der Waals surface area contributed by atoms with E-state index in [1.165, 1.54) is 0 Å². The number of ether oxygens (including phenoxy) is 1. The molecule has 1 aromatic heterocycles. The van der Waals surface area contributed by atoms with Crippen LogP contribution < -0.4 is 15.0 Å². The van der Waals surface area contributed by atoms with Crippen LogP contribution in [0.4, 0.5) is 5.95 Å². The van der Waals surface area contributed by atoms with Gasteiger partial charge in [0, 0.05) is 25.2 Å². The highest BCUT2D eigenvalue weighted by Gasteiger charge is 2.15. The number of methoxy groups -OCH3 is 1. The number of halogens is 1. The summed E-state index contributed by atoms with van der Waals surface area (Å²) in [5.41, 5.74) is 0.981. The number of aromatic amines is 1. The zero-order chi connectivity index (χ0) is 14.7. The molecule has 0 atom stereocenters. The fourth-order valence-electron chi connectivity index (χ4n) is 2.38. The summed E-state index contributed by atoms with van der Waals surface area (Å²) in [6.45, 7) is 3.94. The third kappa shape index (κ3) is 3.19. The number of benzene rings is 1. The number of hydrogen-bond donors (Lipinski definition) is 2. The maximum absolute atomic E-state index is 5.24. The molecule has 1 aliphatic rings. The summed E-state index contributed by atoms with van der Waals surface area (Å²) in [5, 5.41) is 10.7. The lowest BCUT2D eigenvalue weighted by atomic mass is 10.2. The molecule has 1 aromatic carbocycles. The van der Waals surface area contributed by atoms with E-state index < -0.39 is 0 Å². The second kappa shape index (κ2) is 6.44. The average Bonchev–Trinajstić information content (AvgIpc) is 2.83. The van der Waals surface area contributed by atoms with Gasteiger partial charge in [-0.15, -0.1) is 5.10 Å². The Labute approximate surface area is 132 Å². The van der Waals surface area contributed by atoms with Crippen LogP contribution in [0.2, 0.25) is 0 Å². The monoisotopic (exact) mass is 351 g/mol. The van der Waals surface area contributed by atoms with Gasteiger partial charge in [-0.05, 0) is 47.1 Å². The van der Waals surface area contributed by atoms with Gasteiger partial charge in [-0.25, -0.2) is 0 Å². The Morgan fingerprint density at radius 1 is 1.29 bits per heavy atom. The van der Waals surface area contributed by atoms with Gasteiger partial charge in [0.2, 0.25) is 5.95 Å². The Kier molecular flexibility index (Phi) is 4.40. The van der Waals surface area contributed by atoms with Gasteiger partial charge >= 0.3 is 0 Å². The van der Waals surface area contributed by atoms with Crippen LogP contribution in [-0.2, 0) is 0 Å². The van der Waals surface area contributed by atoms with Crippen LogP contribution >= 0.6 is 15.9 Å². The second-order valence-electron chi connectivity index (χ2n) is 4.92. The Morgan fingerprint density at radius 2 is 2.19 bits per heavy atom. The van der Waals surface area contributed by atoms with Crippen molar-refractivity contribution < 1.29 is 4.74 Å². The second-order valence-corrected chi connectivity index (χ2v) is 5.78. The molecule has 21 heavy (non-hydrogen) atoms. The maximum Gasteiger partial charge on any atom is 0.245 e. The number of H-pyrrole nitrogens is 1. The van der Waals surface area contributed by atoms with Crippen molar-refractivity contribution in [1.82, 2.24) is 20.5 Å². The van der Waals surface area contributed by atoms with Gasteiger partial charge in [0.25, 0.3) is 0 Å². The Hall–Kier alpha value is -1.60. The summed E-state index contributed by atoms with van der Waals surface area (Å²) in [6.07, 6.45) is 1.11. The van der Waals surface area contributed by atoms with Gasteiger partial charge in [0.05, 0.1) is 11.6 Å². The minimum absolute atomic E-state index is 0.764. The van der Waals surface area contributed by atoms with Crippen molar-refractivity contribution in [2.45, 2.75) is 6.42 Å². The van der Waals surface area contributed by atoms with Crippen LogP contribution in [-0.4, -0.2) is 48.5 Å². The zero-order valence-electron chi connectivity index (χ0n) is 11.9. The normalized spacial score (nSPS) is 15.8. The Balaban J connectivity index is 1.82. The minimum atomic E-state index is 0.764. The van der Waals surface area contributed by atoms with Crippen molar-refractivity contribution in [3.05, 3.63) is 22.7 Å². The first-order valence-electron chi connectivity index (χ1n) is 7.00. The highest BCUT2D eigenvalue weighted by Crippen LogP contribution is 2.29. The van der Waals surface area contributed by atoms with Gasteiger partial charge in [-0.2, -0.15) is 4.98 Å². The Bertz CT molecular complexity index is 607. The Morgan fingerprint density at radius 3 is 3.00 bits per heavy atom. The third-order valence-electron chi connectivity index (χ3n) is 3.52. The van der Waals surface area contributed by atoms with E-state index >= 15 is 0 Å². The molecular weight excluding hydrogens is 334 g/mol. The summed E-state index contributed by atoms with van der Waals surface area (Å²) in [4.78, 5) is 6.82. The molecule has 0 unspecified atom stereocenters. The number of hydrogen-bond acceptors (Lipinski definition) is 5. The molecule has 0 radical (unpaired) electrons. The molecule has 6 nitrogen and oxygen atoms in total. The zero-order valence-corrected chi connectivity index (χ0v) is 13.5. The first kappa shape index (κ1) is 14.3. The number of nitrogens with zero attached hydrogens (tertiary/aromatic N) is 3. The summed E-state index contributed by atoms with van der Waals surface area (Å²) in [6, 6.07) is 5.86. The van der Waals surface area contributed by atoms with Crippen molar-refractivity contribution in [3.63, 3.8) is 0 Å². The van der Waals surface area contributed by atoms with Crippen molar-refractivity contribution in [2.75, 3.05) is 38.2 Å². The SMILES string of the molecule is COc1ccc(-c2nc(N3CCCNCC3)n[nH]2)cc1Br. The van der Waals surface area contributed by atoms with Crippen molar-refractivity contribution in [1.29, 1.82) is 0 Å². The fraction of sp³-hybridized carbons (Fsp3) is 0.429. The molecule has 1 aliphatic heterocycles. The maximum atomic E-state index is 5.24. The molecule has 0 spiro atoms. The summed E-state index contributed by atoms with van der Waals surface area (Å²) in [7, 11) is 1.65. The van der Waals surface area contributed by atoms with Crippen LogP contribution in [0.15, 0.2) is 22.7 Å². The summed E-state index contributed by atoms with van der Waals surface area (Å²) in [5.74, 6) is 2.34. The van der Waals surface area contributed by atoms with Crippen molar-refractivity contribution in [2.24, 2.45) is 0 Å². The lowest BCUT2D eigenvalue weighted by Crippen LogP contribution is -2.28. The number of aromatic nitrogens is 3. The predicted octanol–water partition coefficient (Wildman–Crippen LogP) is 2.04. The van der Waals surface area contributed by atoms with E-state index in [2.05, 4.69) is 41.3 Å². The van der Waals surface area contributed by atoms with Gasteiger partial charge in [-0.1, -0.05) is 0 Å². The molecule has 2 heterocycles. The van der Waals surface area contributed by atoms with Gasteiger partial charge in [0.1, 0.15) is 5.75 Å². The van der Waals surface area contributed by atoms with E-state index in [1.54, 1.807) is 7.11 Å². The molecule has 0 amide bonds. The number of nitrogens with one attached hydrogen (secondary N) is 2. The summed E-state index contributed by atoms with van der Waals surface area (Å²) >= 11 is 3.49. The van der Waals surface area contributed by atoms with E-state index in [-0.39, 0.29) is 0 Å². The van der Waals surface area contributed by atoms with Crippen molar-refractivity contribution >= 4 is 21.9 Å². The molecule has 3 rings (SSSR count). The number of anilines is 1. The molecule has 1 saturated heterocycles. The highest BCUT2D eigenvalue weighted by atomic mass is 79.9.